The lowest BCUT2D eigenvalue weighted by atomic mass is 9.31. The van der Waals surface area contributed by atoms with E-state index in [2.05, 4.69) is 262 Å². The molecule has 0 aliphatic carbocycles. The van der Waals surface area contributed by atoms with E-state index in [1.807, 2.05) is 0 Å². The molecule has 73 heavy (non-hydrogen) atoms. The van der Waals surface area contributed by atoms with E-state index in [1.165, 1.54) is 88.4 Å². The summed E-state index contributed by atoms with van der Waals surface area (Å²) in [5.41, 5.74) is 23.6. The fourth-order valence-electron chi connectivity index (χ4n) is 13.4. The highest BCUT2D eigenvalue weighted by molar-refractivity contribution is 7.03. The first-order valence-corrected chi connectivity index (χ1v) is 25.3. The molecule has 11 aromatic carbocycles. The molecule has 0 unspecified atom stereocenters. The first-order valence-electron chi connectivity index (χ1n) is 25.3. The van der Waals surface area contributed by atoms with Crippen LogP contribution in [0.15, 0.2) is 247 Å². The van der Waals surface area contributed by atoms with Crippen LogP contribution in [-0.4, -0.2) is 13.4 Å². The van der Waals surface area contributed by atoms with E-state index >= 15 is 0 Å². The summed E-state index contributed by atoms with van der Waals surface area (Å²) in [5, 5.41) is 4.91. The second-order valence-electron chi connectivity index (χ2n) is 19.9. The van der Waals surface area contributed by atoms with Gasteiger partial charge in [0.25, 0.3) is 13.4 Å². The summed E-state index contributed by atoms with van der Waals surface area (Å²) in [6.07, 6.45) is 0. The van der Waals surface area contributed by atoms with Gasteiger partial charge >= 0.3 is 0 Å². The van der Waals surface area contributed by atoms with Crippen LogP contribution in [0, 0.1) is 0 Å². The van der Waals surface area contributed by atoms with E-state index in [0.29, 0.717) is 0 Å². The lowest BCUT2D eigenvalue weighted by Gasteiger charge is -2.51. The van der Waals surface area contributed by atoms with Gasteiger partial charge in [0.15, 0.2) is 11.5 Å². The van der Waals surface area contributed by atoms with Gasteiger partial charge in [0.05, 0.1) is 11.4 Å². The maximum Gasteiger partial charge on any atom is 0.252 e. The molecule has 0 radical (unpaired) electrons. The number of rotatable bonds is 4. The van der Waals surface area contributed by atoms with Crippen molar-refractivity contribution in [2.24, 2.45) is 0 Å². The second-order valence-corrected chi connectivity index (χ2v) is 19.9. The normalized spacial score (nSPS) is 13.9. The number of nitrogens with zero attached hydrogens (tertiary/aromatic N) is 4. The summed E-state index contributed by atoms with van der Waals surface area (Å²) in [7, 11) is 0. The lowest BCUT2D eigenvalue weighted by Crippen LogP contribution is -2.65. The Morgan fingerprint density at radius 1 is 0.260 bits per heavy atom. The van der Waals surface area contributed by atoms with Gasteiger partial charge in [0.2, 0.25) is 0 Å². The Labute approximate surface area is 423 Å². The number of hydrogen-bond acceptors (Lipinski definition) is 5. The smallest absolute Gasteiger partial charge is 0.252 e. The van der Waals surface area contributed by atoms with Crippen LogP contribution in [0.4, 0.5) is 68.2 Å². The van der Waals surface area contributed by atoms with E-state index in [1.54, 1.807) is 0 Å². The molecule has 1 aromatic heterocycles. The van der Waals surface area contributed by atoms with Gasteiger partial charge in [-0.3, -0.25) is 0 Å². The largest absolute Gasteiger partial charge is 0.452 e. The number of para-hydroxylation sites is 2. The highest BCUT2D eigenvalue weighted by atomic mass is 16.3. The molecule has 17 rings (SSSR count). The van der Waals surface area contributed by atoms with Crippen molar-refractivity contribution in [3.63, 3.8) is 0 Å². The van der Waals surface area contributed by atoms with E-state index in [0.717, 1.165) is 56.8 Å². The maximum absolute atomic E-state index is 7.57. The van der Waals surface area contributed by atoms with Crippen molar-refractivity contribution < 1.29 is 4.42 Å². The molecule has 0 amide bonds. The molecule has 336 valence electrons. The predicted molar refractivity (Wildman–Crippen MR) is 306 cm³/mol. The Morgan fingerprint density at radius 2 is 0.603 bits per heavy atom. The summed E-state index contributed by atoms with van der Waals surface area (Å²) in [4.78, 5) is 10.2. The summed E-state index contributed by atoms with van der Waals surface area (Å²) < 4.78 is 7.57. The third-order valence-corrected chi connectivity index (χ3v) is 16.2. The molecule has 5 aliphatic heterocycles. The second kappa shape index (κ2) is 14.6. The highest BCUT2D eigenvalue weighted by Gasteiger charge is 2.53. The third kappa shape index (κ3) is 5.22. The molecule has 5 nitrogen and oxygen atoms in total. The van der Waals surface area contributed by atoms with Crippen LogP contribution in [0.3, 0.4) is 0 Å². The van der Waals surface area contributed by atoms with Crippen molar-refractivity contribution in [1.29, 1.82) is 0 Å². The summed E-state index contributed by atoms with van der Waals surface area (Å²) in [6.45, 7) is -0.148. The topological polar surface area (TPSA) is 26.1 Å². The van der Waals surface area contributed by atoms with Gasteiger partial charge in [0.1, 0.15) is 11.4 Å². The van der Waals surface area contributed by atoms with Gasteiger partial charge in [-0.2, -0.15) is 0 Å². The molecule has 0 spiro atoms. The summed E-state index contributed by atoms with van der Waals surface area (Å²) >= 11 is 0. The number of anilines is 12. The van der Waals surface area contributed by atoms with E-state index in [9.17, 15) is 0 Å². The molecule has 0 N–H and O–H groups in total. The lowest BCUT2D eigenvalue weighted by molar-refractivity contribution is 0.598. The van der Waals surface area contributed by atoms with Gasteiger partial charge in [-0.1, -0.05) is 182 Å². The Kier molecular flexibility index (Phi) is 7.84. The van der Waals surface area contributed by atoms with Crippen molar-refractivity contribution in [1.82, 2.24) is 0 Å². The fourth-order valence-corrected chi connectivity index (χ4v) is 13.4. The molecule has 0 fully saturated rings. The number of hydrogen-bond donors (Lipinski definition) is 0. The van der Waals surface area contributed by atoms with Crippen molar-refractivity contribution in [2.45, 2.75) is 0 Å². The quantitative estimate of drug-likeness (QED) is 0.164. The van der Waals surface area contributed by atoms with Crippen LogP contribution in [0.25, 0.3) is 44.2 Å². The minimum absolute atomic E-state index is 0.0738. The summed E-state index contributed by atoms with van der Waals surface area (Å²) in [5.74, 6) is 1.67. The molecule has 0 bridgehead atoms. The summed E-state index contributed by atoms with van der Waals surface area (Å²) in [6, 6.07) is 89.7. The molecule has 0 atom stereocenters. The Hall–Kier alpha value is -9.45. The zero-order valence-corrected chi connectivity index (χ0v) is 39.4. The Morgan fingerprint density at radius 3 is 1.00 bits per heavy atom. The van der Waals surface area contributed by atoms with Crippen LogP contribution in [0.1, 0.15) is 0 Å². The number of benzene rings is 11. The van der Waals surface area contributed by atoms with Crippen molar-refractivity contribution in [2.75, 3.05) is 19.6 Å². The van der Waals surface area contributed by atoms with Crippen LogP contribution in [-0.2, 0) is 0 Å². The molecular weight excluding hydrogens is 886 g/mol. The van der Waals surface area contributed by atoms with Gasteiger partial charge in [0, 0.05) is 56.6 Å². The Balaban J connectivity index is 1.04. The number of furan rings is 1. The van der Waals surface area contributed by atoms with E-state index in [4.69, 9.17) is 4.42 Å². The minimum atomic E-state index is -0.0738. The van der Waals surface area contributed by atoms with E-state index < -0.39 is 0 Å². The van der Waals surface area contributed by atoms with Crippen LogP contribution in [0.5, 0.6) is 0 Å². The van der Waals surface area contributed by atoms with Gasteiger partial charge in [-0.25, -0.2) is 0 Å². The standard InChI is InChI=1S/C66H40B2N4O/c1-5-19-41(20-6-1)65-63-64(66(73-65)42-21-7-2-8-22-42)72-56-34-18-32-54-60(56)68(52-38-44-24-14-16-26-46(44)40-58(52)70(54)48-29-11-4-12-30-48)50-36-35-49-61(62(50)72)71(63)55-33-17-31-53-59(55)67(49)51-37-43-23-13-15-25-45(43)39-57(51)69(53)47-27-9-3-10-28-47/h1-40H. The SMILES string of the molecule is c1ccc(-c2oc(-c3ccccc3)c3c2N2c4cccc5c4B(c4cc6ccccc6cc4N5c4ccccc4)c4ccc5c(c42)N3c2cccc3c2B5c2cc4ccccc4cc2N3c2ccccc2)cc1. The average Bonchev–Trinajstić information content (AvgIpc) is 3.88. The van der Waals surface area contributed by atoms with Crippen molar-refractivity contribution >= 4 is 136 Å². The van der Waals surface area contributed by atoms with E-state index in [-0.39, 0.29) is 13.4 Å². The van der Waals surface area contributed by atoms with Gasteiger partial charge < -0.3 is 24.0 Å². The maximum atomic E-state index is 7.57. The first-order chi connectivity index (χ1) is 36.3. The molecule has 0 saturated heterocycles. The minimum Gasteiger partial charge on any atom is -0.452 e. The van der Waals surface area contributed by atoms with Crippen molar-refractivity contribution in [3.8, 4) is 22.6 Å². The first kappa shape index (κ1) is 39.3. The zero-order chi connectivity index (χ0) is 47.5. The monoisotopic (exact) mass is 926 g/mol. The molecule has 6 heterocycles. The van der Waals surface area contributed by atoms with Crippen LogP contribution in [0.2, 0.25) is 0 Å². The zero-order valence-electron chi connectivity index (χ0n) is 39.4. The van der Waals surface area contributed by atoms with Gasteiger partial charge in [-0.15, -0.1) is 0 Å². The molecule has 0 saturated carbocycles. The molecule has 5 aliphatic rings. The van der Waals surface area contributed by atoms with Crippen molar-refractivity contribution in [3.05, 3.63) is 243 Å². The van der Waals surface area contributed by atoms with Gasteiger partial charge in [-0.05, 0) is 115 Å². The Bertz CT molecular complexity index is 4040. The highest BCUT2D eigenvalue weighted by Crippen LogP contribution is 2.63. The van der Waals surface area contributed by atoms with Crippen LogP contribution >= 0.6 is 0 Å². The van der Waals surface area contributed by atoms with Crippen LogP contribution < -0.4 is 52.4 Å². The fraction of sp³-hybridized carbons (Fsp3) is 0. The predicted octanol–water partition coefficient (Wildman–Crippen LogP) is 13.4. The molecule has 12 aromatic rings. The molecular formula is C66H40B2N4O. The number of fused-ring (bicyclic) bond motifs is 13. The average molecular weight is 927 g/mol. The third-order valence-electron chi connectivity index (χ3n) is 16.2. The molecule has 7 heteroatoms.